The third-order valence-corrected chi connectivity index (χ3v) is 5.67. The monoisotopic (exact) mass is 417 g/mol. The van der Waals surface area contributed by atoms with Gasteiger partial charge in [0.05, 0.1) is 5.69 Å². The minimum absolute atomic E-state index is 0.572. The molecule has 1 aromatic heterocycles. The molecule has 0 radical (unpaired) electrons. The molecule has 7 nitrogen and oxygen atoms in total. The van der Waals surface area contributed by atoms with Crippen LogP contribution in [0.4, 0.5) is 17.3 Å². The average Bonchev–Trinajstić information content (AvgIpc) is 2.79. The van der Waals surface area contributed by atoms with Gasteiger partial charge in [-0.15, -0.1) is 0 Å². The number of hydrogen-bond donors (Lipinski definition) is 1. The van der Waals surface area contributed by atoms with E-state index in [1.807, 2.05) is 24.4 Å². The molecule has 0 saturated carbocycles. The number of ether oxygens (including phenoxy) is 2. The quantitative estimate of drug-likeness (QED) is 0.680. The van der Waals surface area contributed by atoms with Crippen molar-refractivity contribution < 1.29 is 9.47 Å². The highest BCUT2D eigenvalue weighted by Gasteiger charge is 2.19. The Hall–Kier alpha value is -3.32. The lowest BCUT2D eigenvalue weighted by molar-refractivity contribution is 0.171. The van der Waals surface area contributed by atoms with Crippen molar-refractivity contribution in [3.05, 3.63) is 65.5 Å². The van der Waals surface area contributed by atoms with Crippen LogP contribution in [0.5, 0.6) is 11.5 Å². The van der Waals surface area contributed by atoms with E-state index in [1.165, 1.54) is 16.8 Å². The summed E-state index contributed by atoms with van der Waals surface area (Å²) in [5.41, 5.74) is 5.76. The van der Waals surface area contributed by atoms with E-state index in [1.54, 1.807) is 0 Å². The fourth-order valence-electron chi connectivity index (χ4n) is 3.98. The smallest absolute Gasteiger partial charge is 0.227 e. The molecule has 2 aliphatic heterocycles. The zero-order chi connectivity index (χ0) is 21.2. The number of benzene rings is 2. The van der Waals surface area contributed by atoms with Gasteiger partial charge in [-0.2, -0.15) is 0 Å². The molecule has 0 bridgehead atoms. The zero-order valence-electron chi connectivity index (χ0n) is 18.0. The highest BCUT2D eigenvalue weighted by atomic mass is 16.6. The summed E-state index contributed by atoms with van der Waals surface area (Å²) in [5.74, 6) is 2.14. The number of aromatic nitrogens is 2. The van der Waals surface area contributed by atoms with Crippen LogP contribution in [0.1, 0.15) is 16.8 Å². The van der Waals surface area contributed by atoms with Gasteiger partial charge in [-0.25, -0.2) is 9.97 Å². The number of fused-ring (bicyclic) bond motifs is 2. The second-order valence-electron chi connectivity index (χ2n) is 8.17. The fraction of sp³-hybridized carbons (Fsp3) is 0.333. The summed E-state index contributed by atoms with van der Waals surface area (Å²) >= 11 is 0. The SMILES string of the molecule is CN(C)c1ccc(CN2CCc3nc(Nc4ccc5c(c4)OCCO5)ncc3C2)cc1. The van der Waals surface area contributed by atoms with Crippen LogP contribution < -0.4 is 19.7 Å². The lowest BCUT2D eigenvalue weighted by atomic mass is 10.1. The number of anilines is 3. The maximum absolute atomic E-state index is 5.66. The molecule has 0 spiro atoms. The van der Waals surface area contributed by atoms with Crippen LogP contribution in [0.15, 0.2) is 48.7 Å². The molecule has 3 heterocycles. The Morgan fingerprint density at radius 2 is 1.84 bits per heavy atom. The van der Waals surface area contributed by atoms with Crippen molar-refractivity contribution in [2.24, 2.45) is 0 Å². The first-order valence-electron chi connectivity index (χ1n) is 10.6. The molecule has 0 aliphatic carbocycles. The van der Waals surface area contributed by atoms with Crippen molar-refractivity contribution >= 4 is 17.3 Å². The van der Waals surface area contributed by atoms with Gasteiger partial charge in [-0.05, 0) is 29.8 Å². The topological polar surface area (TPSA) is 62.8 Å². The number of rotatable bonds is 5. The molecule has 0 unspecified atom stereocenters. The van der Waals surface area contributed by atoms with E-state index >= 15 is 0 Å². The molecule has 160 valence electrons. The summed E-state index contributed by atoms with van der Waals surface area (Å²) < 4.78 is 11.2. The summed E-state index contributed by atoms with van der Waals surface area (Å²) in [6, 6.07) is 14.6. The van der Waals surface area contributed by atoms with Gasteiger partial charge in [-0.1, -0.05) is 12.1 Å². The van der Waals surface area contributed by atoms with Gasteiger partial charge >= 0.3 is 0 Å². The van der Waals surface area contributed by atoms with Crippen molar-refractivity contribution in [3.63, 3.8) is 0 Å². The van der Waals surface area contributed by atoms with Crippen LogP contribution >= 0.6 is 0 Å². The minimum Gasteiger partial charge on any atom is -0.486 e. The Balaban J connectivity index is 1.24. The third-order valence-electron chi connectivity index (χ3n) is 5.67. The van der Waals surface area contributed by atoms with E-state index in [0.717, 1.165) is 48.9 Å². The second-order valence-corrected chi connectivity index (χ2v) is 8.17. The van der Waals surface area contributed by atoms with E-state index in [0.29, 0.717) is 19.2 Å². The molecule has 0 atom stereocenters. The van der Waals surface area contributed by atoms with Crippen LogP contribution in [0, 0.1) is 0 Å². The molecule has 3 aromatic rings. The first-order valence-corrected chi connectivity index (χ1v) is 10.6. The first-order chi connectivity index (χ1) is 15.1. The number of nitrogens with zero attached hydrogens (tertiary/aromatic N) is 4. The maximum Gasteiger partial charge on any atom is 0.227 e. The van der Waals surface area contributed by atoms with E-state index in [2.05, 4.69) is 58.5 Å². The lowest BCUT2D eigenvalue weighted by Gasteiger charge is -2.28. The highest BCUT2D eigenvalue weighted by molar-refractivity contribution is 5.60. The van der Waals surface area contributed by atoms with Gasteiger partial charge in [-0.3, -0.25) is 4.90 Å². The predicted octanol–water partition coefficient (Wildman–Crippen LogP) is 3.62. The van der Waals surface area contributed by atoms with Crippen molar-refractivity contribution in [2.75, 3.05) is 44.1 Å². The average molecular weight is 418 g/mol. The molecule has 2 aromatic carbocycles. The van der Waals surface area contributed by atoms with Gasteiger partial charge in [0, 0.05) is 69.4 Å². The molecule has 2 aliphatic rings. The van der Waals surface area contributed by atoms with E-state index in [-0.39, 0.29) is 0 Å². The lowest BCUT2D eigenvalue weighted by Crippen LogP contribution is -2.31. The molecular formula is C24H27N5O2. The van der Waals surface area contributed by atoms with Crippen molar-refractivity contribution in [1.82, 2.24) is 14.9 Å². The Bertz CT molecular complexity index is 1070. The molecule has 31 heavy (non-hydrogen) atoms. The number of hydrogen-bond acceptors (Lipinski definition) is 7. The summed E-state index contributed by atoms with van der Waals surface area (Å²) in [5, 5.41) is 3.29. The number of nitrogens with one attached hydrogen (secondary N) is 1. The summed E-state index contributed by atoms with van der Waals surface area (Å²) in [4.78, 5) is 13.9. The van der Waals surface area contributed by atoms with Crippen LogP contribution in [0.2, 0.25) is 0 Å². The standard InChI is InChI=1S/C24H27N5O2/c1-28(2)20-6-3-17(4-7-20)15-29-10-9-21-18(16-29)14-25-24(27-21)26-19-5-8-22-23(13-19)31-12-11-30-22/h3-8,13-14H,9-12,15-16H2,1-2H3,(H,25,26,27). The zero-order valence-corrected chi connectivity index (χ0v) is 18.0. The van der Waals surface area contributed by atoms with Crippen LogP contribution in [0.25, 0.3) is 0 Å². The van der Waals surface area contributed by atoms with Gasteiger partial charge in [0.25, 0.3) is 0 Å². The Kier molecular flexibility index (Phi) is 5.34. The second kappa shape index (κ2) is 8.43. The van der Waals surface area contributed by atoms with E-state index in [9.17, 15) is 0 Å². The fourth-order valence-corrected chi connectivity index (χ4v) is 3.98. The molecule has 5 rings (SSSR count). The predicted molar refractivity (Wildman–Crippen MR) is 121 cm³/mol. The molecule has 1 N–H and O–H groups in total. The minimum atomic E-state index is 0.572. The van der Waals surface area contributed by atoms with Crippen molar-refractivity contribution in [3.8, 4) is 11.5 Å². The van der Waals surface area contributed by atoms with Crippen LogP contribution in [0.3, 0.4) is 0 Å². The molecule has 7 heteroatoms. The summed E-state index contributed by atoms with van der Waals surface area (Å²) in [7, 11) is 4.13. The van der Waals surface area contributed by atoms with Gasteiger partial charge in [0.15, 0.2) is 11.5 Å². The van der Waals surface area contributed by atoms with Crippen LogP contribution in [-0.2, 0) is 19.5 Å². The van der Waals surface area contributed by atoms with Crippen molar-refractivity contribution in [2.45, 2.75) is 19.5 Å². The first kappa shape index (κ1) is 19.6. The van der Waals surface area contributed by atoms with E-state index < -0.39 is 0 Å². The van der Waals surface area contributed by atoms with Gasteiger partial charge in [0.1, 0.15) is 13.2 Å². The van der Waals surface area contributed by atoms with Gasteiger partial charge < -0.3 is 19.7 Å². The molecule has 0 fully saturated rings. The molecule has 0 saturated heterocycles. The maximum atomic E-state index is 5.66. The Morgan fingerprint density at radius 3 is 2.65 bits per heavy atom. The highest BCUT2D eigenvalue weighted by Crippen LogP contribution is 2.33. The third kappa shape index (κ3) is 4.41. The largest absolute Gasteiger partial charge is 0.486 e. The van der Waals surface area contributed by atoms with Gasteiger partial charge in [0.2, 0.25) is 5.95 Å². The van der Waals surface area contributed by atoms with Crippen LogP contribution in [-0.4, -0.2) is 48.7 Å². The summed E-state index contributed by atoms with van der Waals surface area (Å²) in [6.07, 6.45) is 2.87. The van der Waals surface area contributed by atoms with Crippen molar-refractivity contribution in [1.29, 1.82) is 0 Å². The summed E-state index contributed by atoms with van der Waals surface area (Å²) in [6.45, 7) is 3.95. The Morgan fingerprint density at radius 1 is 1.03 bits per heavy atom. The van der Waals surface area contributed by atoms with E-state index in [4.69, 9.17) is 14.5 Å². The molecule has 0 amide bonds. The normalized spacial score (nSPS) is 15.3. The molecular weight excluding hydrogens is 390 g/mol. The Labute approximate surface area is 182 Å².